The maximum absolute atomic E-state index is 12.2. The maximum Gasteiger partial charge on any atom is 0.327 e. The highest BCUT2D eigenvalue weighted by atomic mass is 16.5. The summed E-state index contributed by atoms with van der Waals surface area (Å²) < 4.78 is 7.90. The lowest BCUT2D eigenvalue weighted by atomic mass is 9.88. The second-order valence-corrected chi connectivity index (χ2v) is 7.06. The Morgan fingerprint density at radius 3 is 2.88 bits per heavy atom. The van der Waals surface area contributed by atoms with E-state index in [4.69, 9.17) is 10.00 Å². The molecule has 1 aromatic carbocycles. The number of hydrogen-bond donors (Lipinski definition) is 1. The average molecular weight is 348 g/mol. The third-order valence-corrected chi connectivity index (χ3v) is 4.96. The normalized spacial score (nSPS) is 19.3. The van der Waals surface area contributed by atoms with Crippen LogP contribution in [0.2, 0.25) is 0 Å². The zero-order chi connectivity index (χ0) is 18.3. The molecule has 2 aromatic heterocycles. The third-order valence-electron chi connectivity index (χ3n) is 4.96. The van der Waals surface area contributed by atoms with E-state index >= 15 is 0 Å². The van der Waals surface area contributed by atoms with Gasteiger partial charge in [0.15, 0.2) is 5.65 Å². The topological polar surface area (TPSA) is 83.7 Å². The van der Waals surface area contributed by atoms with Crippen LogP contribution in [0.1, 0.15) is 49.8 Å². The summed E-state index contributed by atoms with van der Waals surface area (Å²) in [6, 6.07) is 11.5. The van der Waals surface area contributed by atoms with Crippen molar-refractivity contribution in [2.24, 2.45) is 0 Å². The van der Waals surface area contributed by atoms with Crippen LogP contribution in [-0.4, -0.2) is 20.6 Å². The quantitative estimate of drug-likeness (QED) is 0.782. The second kappa shape index (κ2) is 6.34. The van der Waals surface area contributed by atoms with Crippen molar-refractivity contribution in [2.45, 2.75) is 44.8 Å². The molecule has 1 fully saturated rings. The first-order valence-corrected chi connectivity index (χ1v) is 8.82. The summed E-state index contributed by atoms with van der Waals surface area (Å²) in [6.07, 6.45) is 3.29. The fraction of sp³-hybridized carbons (Fsp3) is 0.350. The van der Waals surface area contributed by atoms with Crippen LogP contribution in [0.3, 0.4) is 0 Å². The van der Waals surface area contributed by atoms with Crippen molar-refractivity contribution in [2.75, 3.05) is 0 Å². The molecule has 1 aliphatic carbocycles. The van der Waals surface area contributed by atoms with Crippen molar-refractivity contribution in [3.63, 3.8) is 0 Å². The van der Waals surface area contributed by atoms with Gasteiger partial charge in [0.2, 0.25) is 0 Å². The van der Waals surface area contributed by atoms with E-state index in [-0.39, 0.29) is 23.8 Å². The van der Waals surface area contributed by atoms with Gasteiger partial charge in [0, 0.05) is 25.1 Å². The Morgan fingerprint density at radius 2 is 2.15 bits per heavy atom. The van der Waals surface area contributed by atoms with Crippen LogP contribution in [0.25, 0.3) is 11.2 Å². The molecule has 2 heterocycles. The molecule has 1 saturated carbocycles. The van der Waals surface area contributed by atoms with E-state index in [1.807, 2.05) is 24.3 Å². The number of H-pyrrole nitrogens is 1. The van der Waals surface area contributed by atoms with Gasteiger partial charge >= 0.3 is 5.69 Å². The number of hydrogen-bond acceptors (Lipinski definition) is 4. The number of nitrogens with one attached hydrogen (secondary N) is 1. The van der Waals surface area contributed by atoms with Crippen molar-refractivity contribution in [1.29, 1.82) is 5.26 Å². The standard InChI is InChI=1S/C20H20N4O2/c1-12(2)16-8-13(11-21)5-6-18(16)26-15-9-14(10-15)24-19-17(23-20(24)25)4-3-7-22-19/h3-8,12,14-15H,9-10H2,1-2H3,(H,23,25). The SMILES string of the molecule is CC(C)c1cc(C#N)ccc1OC1CC(n2c(=O)[nH]c3cccnc32)C1. The molecule has 0 spiro atoms. The number of aromatic amines is 1. The number of ether oxygens (including phenoxy) is 1. The highest BCUT2D eigenvalue weighted by Crippen LogP contribution is 2.38. The molecular weight excluding hydrogens is 328 g/mol. The first-order valence-electron chi connectivity index (χ1n) is 8.82. The predicted octanol–water partition coefficient (Wildman–Crippen LogP) is 3.50. The van der Waals surface area contributed by atoms with Crippen LogP contribution in [0.5, 0.6) is 5.75 Å². The molecule has 4 rings (SSSR count). The maximum atomic E-state index is 12.2. The summed E-state index contributed by atoms with van der Waals surface area (Å²) in [6.45, 7) is 4.17. The van der Waals surface area contributed by atoms with Crippen molar-refractivity contribution in [3.05, 3.63) is 58.1 Å². The number of aromatic nitrogens is 3. The van der Waals surface area contributed by atoms with E-state index in [0.717, 1.165) is 29.7 Å². The highest BCUT2D eigenvalue weighted by molar-refractivity contribution is 5.70. The molecule has 3 aromatic rings. The number of nitrogens with zero attached hydrogens (tertiary/aromatic N) is 3. The summed E-state index contributed by atoms with van der Waals surface area (Å²) in [5, 5.41) is 9.09. The first kappa shape index (κ1) is 16.4. The van der Waals surface area contributed by atoms with E-state index in [9.17, 15) is 4.79 Å². The van der Waals surface area contributed by atoms with Gasteiger partial charge in [-0.25, -0.2) is 9.78 Å². The van der Waals surface area contributed by atoms with Gasteiger partial charge in [0.05, 0.1) is 17.1 Å². The Balaban J connectivity index is 1.52. The lowest BCUT2D eigenvalue weighted by molar-refractivity contribution is 0.0694. The summed E-state index contributed by atoms with van der Waals surface area (Å²) in [5.41, 5.74) is 3.02. The molecule has 6 nitrogen and oxygen atoms in total. The second-order valence-electron chi connectivity index (χ2n) is 7.06. The van der Waals surface area contributed by atoms with Gasteiger partial charge in [-0.1, -0.05) is 13.8 Å². The van der Waals surface area contributed by atoms with Gasteiger partial charge in [0.25, 0.3) is 0 Å². The van der Waals surface area contributed by atoms with Crippen LogP contribution in [0, 0.1) is 11.3 Å². The Bertz CT molecular complexity index is 1050. The van der Waals surface area contributed by atoms with Crippen LogP contribution in [0.15, 0.2) is 41.3 Å². The molecule has 26 heavy (non-hydrogen) atoms. The van der Waals surface area contributed by atoms with Gasteiger partial charge in [0.1, 0.15) is 11.9 Å². The number of fused-ring (bicyclic) bond motifs is 1. The van der Waals surface area contributed by atoms with Crippen molar-refractivity contribution in [1.82, 2.24) is 14.5 Å². The summed E-state index contributed by atoms with van der Waals surface area (Å²) in [7, 11) is 0. The minimum atomic E-state index is -0.122. The molecule has 0 aliphatic heterocycles. The van der Waals surface area contributed by atoms with E-state index in [1.54, 1.807) is 16.8 Å². The van der Waals surface area contributed by atoms with Crippen LogP contribution in [0.4, 0.5) is 0 Å². The fourth-order valence-corrected chi connectivity index (χ4v) is 3.50. The van der Waals surface area contributed by atoms with E-state index in [2.05, 4.69) is 29.9 Å². The Kier molecular flexibility index (Phi) is 4.00. The van der Waals surface area contributed by atoms with Gasteiger partial charge in [-0.2, -0.15) is 5.26 Å². The molecule has 1 N–H and O–H groups in total. The molecule has 0 amide bonds. The fourth-order valence-electron chi connectivity index (χ4n) is 3.50. The van der Waals surface area contributed by atoms with E-state index in [1.165, 1.54) is 0 Å². The number of rotatable bonds is 4. The third kappa shape index (κ3) is 2.76. The molecular formula is C20H20N4O2. The van der Waals surface area contributed by atoms with Crippen molar-refractivity contribution < 1.29 is 4.74 Å². The van der Waals surface area contributed by atoms with Crippen molar-refractivity contribution >= 4 is 11.2 Å². The zero-order valence-corrected chi connectivity index (χ0v) is 14.8. The lowest BCUT2D eigenvalue weighted by Crippen LogP contribution is -2.39. The molecule has 0 radical (unpaired) electrons. The zero-order valence-electron chi connectivity index (χ0n) is 14.8. The Labute approximate surface area is 151 Å². The Hall–Kier alpha value is -3.07. The van der Waals surface area contributed by atoms with E-state index in [0.29, 0.717) is 11.2 Å². The van der Waals surface area contributed by atoms with Crippen LogP contribution in [-0.2, 0) is 0 Å². The molecule has 0 unspecified atom stereocenters. The minimum absolute atomic E-state index is 0.0611. The van der Waals surface area contributed by atoms with Crippen LogP contribution < -0.4 is 10.4 Å². The van der Waals surface area contributed by atoms with Gasteiger partial charge in [-0.05, 0) is 41.8 Å². The first-order chi connectivity index (χ1) is 12.6. The molecule has 0 bridgehead atoms. The van der Waals surface area contributed by atoms with Gasteiger partial charge in [-0.3, -0.25) is 4.57 Å². The summed E-state index contributed by atoms with van der Waals surface area (Å²) in [5.74, 6) is 1.10. The lowest BCUT2D eigenvalue weighted by Gasteiger charge is -2.36. The average Bonchev–Trinajstić information content (AvgIpc) is 2.93. The molecule has 6 heteroatoms. The minimum Gasteiger partial charge on any atom is -0.490 e. The van der Waals surface area contributed by atoms with Crippen LogP contribution >= 0.6 is 0 Å². The Morgan fingerprint density at radius 1 is 1.35 bits per heavy atom. The summed E-state index contributed by atoms with van der Waals surface area (Å²) in [4.78, 5) is 19.4. The van der Waals surface area contributed by atoms with E-state index < -0.39 is 0 Å². The summed E-state index contributed by atoms with van der Waals surface area (Å²) >= 11 is 0. The van der Waals surface area contributed by atoms with Gasteiger partial charge < -0.3 is 9.72 Å². The number of benzene rings is 1. The molecule has 1 aliphatic rings. The molecule has 0 atom stereocenters. The number of imidazole rings is 1. The van der Waals surface area contributed by atoms with Crippen molar-refractivity contribution in [3.8, 4) is 11.8 Å². The number of pyridine rings is 1. The highest BCUT2D eigenvalue weighted by Gasteiger charge is 2.35. The monoisotopic (exact) mass is 348 g/mol. The van der Waals surface area contributed by atoms with Gasteiger partial charge in [-0.15, -0.1) is 0 Å². The largest absolute Gasteiger partial charge is 0.490 e. The smallest absolute Gasteiger partial charge is 0.327 e. The molecule has 0 saturated heterocycles. The molecule has 132 valence electrons. The number of nitriles is 1. The predicted molar refractivity (Wildman–Crippen MR) is 98.3 cm³/mol.